The van der Waals surface area contributed by atoms with Gasteiger partial charge >= 0.3 is 0 Å². The number of carbonyl (C=O) groups excluding carboxylic acids is 1. The Balaban J connectivity index is 1.60. The highest BCUT2D eigenvalue weighted by atomic mass is 16.2. The van der Waals surface area contributed by atoms with Gasteiger partial charge in [0.15, 0.2) is 0 Å². The van der Waals surface area contributed by atoms with Crippen molar-refractivity contribution in [1.82, 2.24) is 4.90 Å². The van der Waals surface area contributed by atoms with Crippen LogP contribution in [0, 0.1) is 0 Å². The van der Waals surface area contributed by atoms with Crippen molar-refractivity contribution in [3.63, 3.8) is 0 Å². The molecule has 3 rings (SSSR count). The van der Waals surface area contributed by atoms with Crippen molar-refractivity contribution >= 4 is 17.7 Å². The van der Waals surface area contributed by atoms with E-state index < -0.39 is 0 Å². The minimum Gasteiger partial charge on any atom is -0.399 e. The fourth-order valence-electron chi connectivity index (χ4n) is 3.64. The smallest absolute Gasteiger partial charge is 0.226 e. The number of anilines is 1. The monoisotopic (exact) mass is 348 g/mol. The standard InChI is InChI=1S/C23H28N2O/c24-21-15-13-20(14-16-21)17-18-25(22-10-4-5-11-22)23(26)12-6-9-19-7-2-1-3-8-19/h1-3,6-9,13-16,22H,4-5,10-12,17-18,24H2/b9-6+. The molecule has 0 aromatic heterocycles. The van der Waals surface area contributed by atoms with E-state index in [1.54, 1.807) is 0 Å². The van der Waals surface area contributed by atoms with Crippen LogP contribution in [0.2, 0.25) is 0 Å². The molecular weight excluding hydrogens is 320 g/mol. The van der Waals surface area contributed by atoms with Crippen LogP contribution in [-0.2, 0) is 11.2 Å². The lowest BCUT2D eigenvalue weighted by Crippen LogP contribution is -2.40. The van der Waals surface area contributed by atoms with Crippen LogP contribution in [-0.4, -0.2) is 23.4 Å². The molecule has 2 N–H and O–H groups in total. The van der Waals surface area contributed by atoms with Crippen LogP contribution in [0.5, 0.6) is 0 Å². The van der Waals surface area contributed by atoms with E-state index in [4.69, 9.17) is 5.73 Å². The Hall–Kier alpha value is -2.55. The van der Waals surface area contributed by atoms with Gasteiger partial charge in [-0.3, -0.25) is 4.79 Å². The molecule has 1 aliphatic rings. The van der Waals surface area contributed by atoms with Crippen LogP contribution < -0.4 is 5.73 Å². The van der Waals surface area contributed by atoms with Crippen LogP contribution in [0.1, 0.15) is 43.2 Å². The predicted molar refractivity (Wildman–Crippen MR) is 109 cm³/mol. The Morgan fingerprint density at radius 3 is 2.42 bits per heavy atom. The average Bonchev–Trinajstić information content (AvgIpc) is 3.19. The van der Waals surface area contributed by atoms with Gasteiger partial charge in [0.05, 0.1) is 0 Å². The van der Waals surface area contributed by atoms with Gasteiger partial charge in [-0.2, -0.15) is 0 Å². The number of nitrogens with two attached hydrogens (primary N) is 1. The summed E-state index contributed by atoms with van der Waals surface area (Å²) in [7, 11) is 0. The molecule has 0 atom stereocenters. The normalized spacial score (nSPS) is 14.8. The second kappa shape index (κ2) is 9.23. The summed E-state index contributed by atoms with van der Waals surface area (Å²) in [5.41, 5.74) is 8.91. The molecule has 26 heavy (non-hydrogen) atoms. The second-order valence-electron chi connectivity index (χ2n) is 7.03. The Labute approximate surface area is 156 Å². The summed E-state index contributed by atoms with van der Waals surface area (Å²) >= 11 is 0. The molecule has 0 radical (unpaired) electrons. The molecule has 2 aromatic carbocycles. The number of hydrogen-bond donors (Lipinski definition) is 1. The van der Waals surface area contributed by atoms with Crippen molar-refractivity contribution in [2.24, 2.45) is 0 Å². The fraction of sp³-hybridized carbons (Fsp3) is 0.348. The van der Waals surface area contributed by atoms with Crippen LogP contribution in [0.4, 0.5) is 5.69 Å². The highest BCUT2D eigenvalue weighted by Crippen LogP contribution is 2.24. The third-order valence-corrected chi connectivity index (χ3v) is 5.11. The maximum Gasteiger partial charge on any atom is 0.226 e. The molecule has 0 bridgehead atoms. The number of rotatable bonds is 7. The Morgan fingerprint density at radius 1 is 1.04 bits per heavy atom. The number of carbonyl (C=O) groups is 1. The summed E-state index contributed by atoms with van der Waals surface area (Å²) in [6.07, 6.45) is 10.1. The van der Waals surface area contributed by atoms with Gasteiger partial charge in [0, 0.05) is 24.7 Å². The van der Waals surface area contributed by atoms with Gasteiger partial charge in [0.1, 0.15) is 0 Å². The van der Waals surface area contributed by atoms with Crippen LogP contribution >= 0.6 is 0 Å². The zero-order valence-corrected chi connectivity index (χ0v) is 15.3. The maximum absolute atomic E-state index is 12.9. The highest BCUT2D eigenvalue weighted by molar-refractivity contribution is 5.79. The molecule has 1 saturated carbocycles. The zero-order chi connectivity index (χ0) is 18.2. The number of hydrogen-bond acceptors (Lipinski definition) is 2. The zero-order valence-electron chi connectivity index (χ0n) is 15.3. The number of amides is 1. The van der Waals surface area contributed by atoms with Crippen LogP contribution in [0.15, 0.2) is 60.7 Å². The van der Waals surface area contributed by atoms with Gasteiger partial charge in [0.25, 0.3) is 0 Å². The largest absolute Gasteiger partial charge is 0.399 e. The van der Waals surface area contributed by atoms with Gasteiger partial charge in [-0.25, -0.2) is 0 Å². The molecule has 1 fully saturated rings. The van der Waals surface area contributed by atoms with Crippen LogP contribution in [0.3, 0.4) is 0 Å². The summed E-state index contributed by atoms with van der Waals surface area (Å²) < 4.78 is 0. The van der Waals surface area contributed by atoms with E-state index in [2.05, 4.69) is 29.2 Å². The van der Waals surface area contributed by atoms with E-state index in [1.165, 1.54) is 18.4 Å². The number of nitrogens with zero attached hydrogens (tertiary/aromatic N) is 1. The van der Waals surface area contributed by atoms with Crippen molar-refractivity contribution in [3.8, 4) is 0 Å². The summed E-state index contributed by atoms with van der Waals surface area (Å²) in [6.45, 7) is 0.784. The van der Waals surface area contributed by atoms with E-state index in [0.29, 0.717) is 12.5 Å². The Morgan fingerprint density at radius 2 is 1.73 bits per heavy atom. The van der Waals surface area contributed by atoms with Crippen molar-refractivity contribution in [2.75, 3.05) is 12.3 Å². The van der Waals surface area contributed by atoms with Crippen molar-refractivity contribution < 1.29 is 4.79 Å². The summed E-state index contributed by atoms with van der Waals surface area (Å²) in [6, 6.07) is 18.5. The minimum atomic E-state index is 0.236. The lowest BCUT2D eigenvalue weighted by Gasteiger charge is -2.29. The summed E-state index contributed by atoms with van der Waals surface area (Å²) in [5, 5.41) is 0. The first-order valence-corrected chi connectivity index (χ1v) is 9.58. The van der Waals surface area contributed by atoms with E-state index in [0.717, 1.165) is 37.1 Å². The second-order valence-corrected chi connectivity index (χ2v) is 7.03. The van der Waals surface area contributed by atoms with E-state index in [-0.39, 0.29) is 5.91 Å². The molecular formula is C23H28N2O. The molecule has 136 valence electrons. The van der Waals surface area contributed by atoms with Gasteiger partial charge in [-0.05, 0) is 42.5 Å². The first-order valence-electron chi connectivity index (χ1n) is 9.58. The molecule has 3 nitrogen and oxygen atoms in total. The van der Waals surface area contributed by atoms with Gasteiger partial charge in [0.2, 0.25) is 5.91 Å². The topological polar surface area (TPSA) is 46.3 Å². The van der Waals surface area contributed by atoms with Gasteiger partial charge in [-0.15, -0.1) is 0 Å². The average molecular weight is 348 g/mol. The lowest BCUT2D eigenvalue weighted by molar-refractivity contribution is -0.132. The summed E-state index contributed by atoms with van der Waals surface area (Å²) in [4.78, 5) is 15.0. The molecule has 0 heterocycles. The highest BCUT2D eigenvalue weighted by Gasteiger charge is 2.25. The van der Waals surface area contributed by atoms with Crippen molar-refractivity contribution in [3.05, 3.63) is 71.8 Å². The first kappa shape index (κ1) is 18.2. The molecule has 0 unspecified atom stereocenters. The number of benzene rings is 2. The maximum atomic E-state index is 12.9. The molecule has 0 spiro atoms. The Bertz CT molecular complexity index is 716. The molecule has 2 aromatic rings. The van der Waals surface area contributed by atoms with Gasteiger partial charge in [-0.1, -0.05) is 67.5 Å². The summed E-state index contributed by atoms with van der Waals surface area (Å²) in [5.74, 6) is 0.236. The Kier molecular flexibility index (Phi) is 6.48. The van der Waals surface area contributed by atoms with Gasteiger partial charge < -0.3 is 10.6 Å². The minimum absolute atomic E-state index is 0.236. The molecule has 1 aliphatic carbocycles. The molecule has 0 saturated heterocycles. The third-order valence-electron chi connectivity index (χ3n) is 5.11. The number of nitrogen functional groups attached to an aromatic ring is 1. The molecule has 1 amide bonds. The van der Waals surface area contributed by atoms with E-state index >= 15 is 0 Å². The fourth-order valence-corrected chi connectivity index (χ4v) is 3.64. The van der Waals surface area contributed by atoms with Crippen LogP contribution in [0.25, 0.3) is 6.08 Å². The van der Waals surface area contributed by atoms with Crippen molar-refractivity contribution in [1.29, 1.82) is 0 Å². The first-order chi connectivity index (χ1) is 12.7. The lowest BCUT2D eigenvalue weighted by atomic mass is 10.1. The predicted octanol–water partition coefficient (Wildman–Crippen LogP) is 4.69. The van der Waals surface area contributed by atoms with Crippen molar-refractivity contribution in [2.45, 2.75) is 44.6 Å². The quantitative estimate of drug-likeness (QED) is 0.738. The van der Waals surface area contributed by atoms with E-state index in [1.807, 2.05) is 42.5 Å². The molecule has 0 aliphatic heterocycles. The SMILES string of the molecule is Nc1ccc(CCN(C(=O)C/C=C/c2ccccc2)C2CCCC2)cc1. The van der Waals surface area contributed by atoms with E-state index in [9.17, 15) is 4.79 Å². The third kappa shape index (κ3) is 5.22. The molecule has 3 heteroatoms.